The first-order chi connectivity index (χ1) is 15.0. The Morgan fingerprint density at radius 1 is 1.10 bits per heavy atom. The molecule has 0 N–H and O–H groups in total. The lowest BCUT2D eigenvalue weighted by atomic mass is 10.1. The highest BCUT2D eigenvalue weighted by Crippen LogP contribution is 2.39. The van der Waals surface area contributed by atoms with Crippen molar-refractivity contribution in [2.75, 3.05) is 46.4 Å². The van der Waals surface area contributed by atoms with Crippen molar-refractivity contribution in [3.05, 3.63) is 45.2 Å². The Morgan fingerprint density at radius 3 is 2.55 bits per heavy atom. The van der Waals surface area contributed by atoms with Crippen molar-refractivity contribution >= 4 is 44.6 Å². The van der Waals surface area contributed by atoms with Crippen molar-refractivity contribution in [1.82, 2.24) is 19.7 Å². The molecular formula is C22H24N4O3S2. The monoisotopic (exact) mass is 456 g/mol. The molecule has 2 aromatic heterocycles. The van der Waals surface area contributed by atoms with Gasteiger partial charge in [0, 0.05) is 67.0 Å². The van der Waals surface area contributed by atoms with Gasteiger partial charge in [0.2, 0.25) is 0 Å². The molecule has 1 aromatic carbocycles. The molecule has 3 aromatic rings. The third-order valence-corrected chi connectivity index (χ3v) is 7.96. The fraction of sp³-hybridized carbons (Fsp3) is 0.409. The first-order valence-electron chi connectivity index (χ1n) is 10.3. The number of aryl methyl sites for hydroxylation is 1. The predicted octanol–water partition coefficient (Wildman–Crippen LogP) is 2.96. The van der Waals surface area contributed by atoms with Gasteiger partial charge in [0.05, 0.1) is 7.11 Å². The Morgan fingerprint density at radius 2 is 1.87 bits per heavy atom. The van der Waals surface area contributed by atoms with Crippen LogP contribution in [0.25, 0.3) is 10.1 Å². The summed E-state index contributed by atoms with van der Waals surface area (Å²) >= 11 is 2.89. The maximum absolute atomic E-state index is 13.1. The number of hydrogen-bond donors (Lipinski definition) is 0. The minimum atomic E-state index is 0.0205. The van der Waals surface area contributed by atoms with Gasteiger partial charge in [-0.05, 0) is 24.6 Å². The summed E-state index contributed by atoms with van der Waals surface area (Å²) in [6.45, 7) is 6.55. The summed E-state index contributed by atoms with van der Waals surface area (Å²) < 4.78 is 6.68. The Balaban J connectivity index is 1.19. The number of thiazole rings is 1. The lowest BCUT2D eigenvalue weighted by Gasteiger charge is -2.47. The lowest BCUT2D eigenvalue weighted by molar-refractivity contribution is 0.00867. The average molecular weight is 457 g/mol. The minimum absolute atomic E-state index is 0.0205. The molecule has 9 heteroatoms. The Hall–Kier alpha value is -2.49. The van der Waals surface area contributed by atoms with Crippen LogP contribution in [0.15, 0.2) is 29.8 Å². The summed E-state index contributed by atoms with van der Waals surface area (Å²) in [6, 6.07) is 6.53. The topological polar surface area (TPSA) is 66.0 Å². The molecule has 2 aliphatic rings. The van der Waals surface area contributed by atoms with Crippen molar-refractivity contribution in [1.29, 1.82) is 0 Å². The molecule has 0 unspecified atom stereocenters. The van der Waals surface area contributed by atoms with Crippen LogP contribution in [0.4, 0.5) is 0 Å². The normalized spacial score (nSPS) is 17.7. The number of aromatic nitrogens is 1. The van der Waals surface area contributed by atoms with Crippen LogP contribution in [0.5, 0.6) is 5.75 Å². The number of fused-ring (bicyclic) bond motifs is 1. The van der Waals surface area contributed by atoms with E-state index in [2.05, 4.69) is 22.9 Å². The molecule has 2 saturated heterocycles. The molecule has 0 aliphatic carbocycles. The van der Waals surface area contributed by atoms with Gasteiger partial charge in [-0.2, -0.15) is 0 Å². The summed E-state index contributed by atoms with van der Waals surface area (Å²) in [5.74, 6) is 0.749. The molecule has 31 heavy (non-hydrogen) atoms. The molecular weight excluding hydrogens is 432 g/mol. The fourth-order valence-electron chi connectivity index (χ4n) is 4.27. The van der Waals surface area contributed by atoms with Gasteiger partial charge in [0.1, 0.15) is 10.6 Å². The Kier molecular flexibility index (Phi) is 5.41. The second-order valence-electron chi connectivity index (χ2n) is 7.99. The Labute approximate surface area is 188 Å². The quantitative estimate of drug-likeness (QED) is 0.604. The van der Waals surface area contributed by atoms with E-state index in [0.29, 0.717) is 34.8 Å². The number of carbonyl (C=O) groups excluding carboxylic acids is 2. The van der Waals surface area contributed by atoms with Crippen LogP contribution in [0.2, 0.25) is 0 Å². The van der Waals surface area contributed by atoms with Crippen LogP contribution < -0.4 is 4.74 Å². The first-order valence-corrected chi connectivity index (χ1v) is 12.0. The number of ether oxygens (including phenoxy) is 1. The van der Waals surface area contributed by atoms with E-state index in [-0.39, 0.29) is 11.8 Å². The van der Waals surface area contributed by atoms with Gasteiger partial charge in [-0.1, -0.05) is 6.07 Å². The van der Waals surface area contributed by atoms with Crippen LogP contribution in [-0.2, 0) is 0 Å². The second kappa shape index (κ2) is 8.22. The van der Waals surface area contributed by atoms with E-state index in [9.17, 15) is 9.59 Å². The molecule has 0 bridgehead atoms. The lowest BCUT2D eigenvalue weighted by Crippen LogP contribution is -2.64. The van der Waals surface area contributed by atoms with Gasteiger partial charge in [-0.25, -0.2) is 4.98 Å². The second-order valence-corrected chi connectivity index (χ2v) is 9.94. The maximum atomic E-state index is 13.1. The molecule has 162 valence electrons. The number of thiophene rings is 1. The van der Waals surface area contributed by atoms with E-state index >= 15 is 0 Å². The van der Waals surface area contributed by atoms with E-state index in [4.69, 9.17) is 4.74 Å². The summed E-state index contributed by atoms with van der Waals surface area (Å²) in [4.78, 5) is 36.6. The van der Waals surface area contributed by atoms with Crippen LogP contribution in [0.1, 0.15) is 25.0 Å². The third-order valence-electron chi connectivity index (χ3n) is 6.08. The predicted molar refractivity (Wildman–Crippen MR) is 122 cm³/mol. The zero-order chi connectivity index (χ0) is 21.5. The van der Waals surface area contributed by atoms with Crippen molar-refractivity contribution in [2.24, 2.45) is 0 Å². The number of rotatable bonds is 4. The highest BCUT2D eigenvalue weighted by atomic mass is 32.1. The Bertz CT molecular complexity index is 1110. The standard InChI is InChI=1S/C22H24N4O3S2/c1-14-3-4-16-17(11-14)31-19(18(16)29-2)21(27)26-12-15(13-26)24-6-8-25(9-7-24)22(28)20-23-5-10-30-20/h3-5,10-11,15H,6-9,12-13H2,1-2H3. The largest absolute Gasteiger partial charge is 0.494 e. The zero-order valence-corrected chi connectivity index (χ0v) is 19.2. The summed E-state index contributed by atoms with van der Waals surface area (Å²) in [5.41, 5.74) is 1.17. The van der Waals surface area contributed by atoms with E-state index in [1.165, 1.54) is 28.2 Å². The number of carbonyl (C=O) groups is 2. The molecule has 2 aliphatic heterocycles. The molecule has 7 nitrogen and oxygen atoms in total. The van der Waals surface area contributed by atoms with Gasteiger partial charge in [-0.3, -0.25) is 14.5 Å². The number of hydrogen-bond acceptors (Lipinski definition) is 7. The summed E-state index contributed by atoms with van der Waals surface area (Å²) in [6.07, 6.45) is 1.67. The number of likely N-dealkylation sites (tertiary alicyclic amines) is 1. The molecule has 2 fully saturated rings. The molecule has 0 atom stereocenters. The molecule has 4 heterocycles. The van der Waals surface area contributed by atoms with Crippen LogP contribution in [0, 0.1) is 6.92 Å². The van der Waals surface area contributed by atoms with Crippen LogP contribution >= 0.6 is 22.7 Å². The molecule has 5 rings (SSSR count). The molecule has 0 saturated carbocycles. The van der Waals surface area contributed by atoms with Crippen LogP contribution in [-0.4, -0.2) is 83.9 Å². The van der Waals surface area contributed by atoms with Crippen LogP contribution in [0.3, 0.4) is 0 Å². The SMILES string of the molecule is COc1c(C(=O)N2CC(N3CCN(C(=O)c4nccs4)CC3)C2)sc2cc(C)ccc12. The van der Waals surface area contributed by atoms with Crippen molar-refractivity contribution in [2.45, 2.75) is 13.0 Å². The smallest absolute Gasteiger partial charge is 0.282 e. The zero-order valence-electron chi connectivity index (χ0n) is 17.5. The summed E-state index contributed by atoms with van der Waals surface area (Å²) in [7, 11) is 1.63. The number of piperazine rings is 1. The fourth-order valence-corrected chi connectivity index (χ4v) is 6.11. The van der Waals surface area contributed by atoms with Gasteiger partial charge in [0.15, 0.2) is 5.01 Å². The van der Waals surface area contributed by atoms with Crippen molar-refractivity contribution in [3.63, 3.8) is 0 Å². The average Bonchev–Trinajstić information content (AvgIpc) is 3.40. The van der Waals surface area contributed by atoms with E-state index in [1.807, 2.05) is 27.3 Å². The highest BCUT2D eigenvalue weighted by Gasteiger charge is 2.38. The van der Waals surface area contributed by atoms with Gasteiger partial charge >= 0.3 is 0 Å². The van der Waals surface area contributed by atoms with E-state index in [1.54, 1.807) is 13.3 Å². The van der Waals surface area contributed by atoms with Crippen molar-refractivity contribution < 1.29 is 14.3 Å². The summed E-state index contributed by atoms with van der Waals surface area (Å²) in [5, 5.41) is 3.39. The van der Waals surface area contributed by atoms with Gasteiger partial charge in [0.25, 0.3) is 11.8 Å². The number of nitrogens with zero attached hydrogens (tertiary/aromatic N) is 4. The van der Waals surface area contributed by atoms with Gasteiger partial charge in [-0.15, -0.1) is 22.7 Å². The maximum Gasteiger partial charge on any atom is 0.282 e. The first kappa shape index (κ1) is 20.4. The number of benzene rings is 1. The van der Waals surface area contributed by atoms with Gasteiger partial charge < -0.3 is 14.5 Å². The van der Waals surface area contributed by atoms with Crippen molar-refractivity contribution in [3.8, 4) is 5.75 Å². The highest BCUT2D eigenvalue weighted by molar-refractivity contribution is 7.21. The number of methoxy groups -OCH3 is 1. The number of amides is 2. The molecule has 2 amide bonds. The minimum Gasteiger partial charge on any atom is -0.494 e. The third kappa shape index (κ3) is 3.71. The van der Waals surface area contributed by atoms with E-state index in [0.717, 1.165) is 36.3 Å². The molecule has 0 radical (unpaired) electrons. The van der Waals surface area contributed by atoms with E-state index < -0.39 is 0 Å². The molecule has 0 spiro atoms.